The minimum absolute atomic E-state index is 0.0195. The van der Waals surface area contributed by atoms with Crippen molar-refractivity contribution in [3.05, 3.63) is 24.0 Å². The third-order valence-corrected chi connectivity index (χ3v) is 3.77. The molecule has 2 rings (SSSR count). The lowest BCUT2D eigenvalue weighted by molar-refractivity contribution is 0.423. The third kappa shape index (κ3) is 2.78. The van der Waals surface area contributed by atoms with Gasteiger partial charge in [0, 0.05) is 19.1 Å². The number of rotatable bonds is 3. The van der Waals surface area contributed by atoms with Crippen LogP contribution in [0.1, 0.15) is 38.9 Å². The average molecular weight is 233 g/mol. The van der Waals surface area contributed by atoms with E-state index in [1.165, 1.54) is 12.1 Å². The summed E-state index contributed by atoms with van der Waals surface area (Å²) in [6.45, 7) is 8.91. The first kappa shape index (κ1) is 12.4. The van der Waals surface area contributed by atoms with Gasteiger partial charge in [-0.1, -0.05) is 13.8 Å². The van der Waals surface area contributed by atoms with E-state index in [-0.39, 0.29) is 6.04 Å². The molecule has 2 N–H and O–H groups in total. The lowest BCUT2D eigenvalue weighted by Gasteiger charge is -2.20. The summed E-state index contributed by atoms with van der Waals surface area (Å²) in [6, 6.07) is 4.21. The summed E-state index contributed by atoms with van der Waals surface area (Å²) < 4.78 is 0. The van der Waals surface area contributed by atoms with E-state index >= 15 is 0 Å². The van der Waals surface area contributed by atoms with Gasteiger partial charge in [0.2, 0.25) is 0 Å². The van der Waals surface area contributed by atoms with Crippen LogP contribution in [0.3, 0.4) is 0 Å². The predicted octanol–water partition coefficient (Wildman–Crippen LogP) is 2.58. The van der Waals surface area contributed by atoms with Crippen molar-refractivity contribution < 1.29 is 0 Å². The van der Waals surface area contributed by atoms with E-state index < -0.39 is 0 Å². The fourth-order valence-corrected chi connectivity index (χ4v) is 2.42. The van der Waals surface area contributed by atoms with Gasteiger partial charge in [0.15, 0.2) is 0 Å². The zero-order valence-corrected chi connectivity index (χ0v) is 11.1. The Bertz CT molecular complexity index is 356. The summed E-state index contributed by atoms with van der Waals surface area (Å²) >= 11 is 0. The van der Waals surface area contributed by atoms with Crippen LogP contribution in [-0.4, -0.2) is 18.1 Å². The molecule has 1 fully saturated rings. The fourth-order valence-electron chi connectivity index (χ4n) is 2.42. The topological polar surface area (TPSA) is 42.1 Å². The largest absolute Gasteiger partial charge is 0.370 e. The molecule has 94 valence electrons. The van der Waals surface area contributed by atoms with Crippen molar-refractivity contribution in [1.82, 2.24) is 4.98 Å². The second-order valence-electron chi connectivity index (χ2n) is 5.47. The molecular weight excluding hydrogens is 210 g/mol. The monoisotopic (exact) mass is 233 g/mol. The molecule has 0 spiro atoms. The molecule has 17 heavy (non-hydrogen) atoms. The van der Waals surface area contributed by atoms with E-state index in [2.05, 4.69) is 29.8 Å². The molecular formula is C14H23N3. The third-order valence-electron chi connectivity index (χ3n) is 3.77. The Hall–Kier alpha value is -1.09. The Balaban J connectivity index is 2.04. The van der Waals surface area contributed by atoms with Gasteiger partial charge in [-0.25, -0.2) is 0 Å². The summed E-state index contributed by atoms with van der Waals surface area (Å²) in [5.74, 6) is 1.60. The van der Waals surface area contributed by atoms with Crippen molar-refractivity contribution in [2.45, 2.75) is 33.2 Å². The van der Waals surface area contributed by atoms with E-state index in [9.17, 15) is 0 Å². The van der Waals surface area contributed by atoms with Crippen molar-refractivity contribution in [1.29, 1.82) is 0 Å². The van der Waals surface area contributed by atoms with Crippen LogP contribution in [0.2, 0.25) is 0 Å². The smallest absolute Gasteiger partial charge is 0.0569 e. The maximum atomic E-state index is 5.80. The lowest BCUT2D eigenvalue weighted by Crippen LogP contribution is -2.21. The highest BCUT2D eigenvalue weighted by atomic mass is 15.2. The molecule has 0 aliphatic carbocycles. The van der Waals surface area contributed by atoms with Crippen LogP contribution >= 0.6 is 0 Å². The summed E-state index contributed by atoms with van der Waals surface area (Å²) in [6.07, 6.45) is 3.26. The quantitative estimate of drug-likeness (QED) is 0.872. The Morgan fingerprint density at radius 1 is 1.35 bits per heavy atom. The molecule has 1 saturated heterocycles. The number of aromatic nitrogens is 1. The van der Waals surface area contributed by atoms with Crippen molar-refractivity contribution in [2.24, 2.45) is 17.6 Å². The van der Waals surface area contributed by atoms with E-state index in [1.54, 1.807) is 0 Å². The molecule has 1 aromatic heterocycles. The molecule has 1 aliphatic rings. The summed E-state index contributed by atoms with van der Waals surface area (Å²) in [5.41, 5.74) is 8.00. The van der Waals surface area contributed by atoms with Crippen LogP contribution in [0.25, 0.3) is 0 Å². The Kier molecular flexibility index (Phi) is 3.67. The van der Waals surface area contributed by atoms with E-state index in [1.807, 2.05) is 19.2 Å². The van der Waals surface area contributed by atoms with Gasteiger partial charge in [-0.3, -0.25) is 4.98 Å². The van der Waals surface area contributed by atoms with Crippen molar-refractivity contribution in [2.75, 3.05) is 18.0 Å². The van der Waals surface area contributed by atoms with Gasteiger partial charge in [-0.2, -0.15) is 0 Å². The zero-order chi connectivity index (χ0) is 12.4. The maximum Gasteiger partial charge on any atom is 0.0569 e. The van der Waals surface area contributed by atoms with Gasteiger partial charge in [0.25, 0.3) is 0 Å². The zero-order valence-electron chi connectivity index (χ0n) is 11.1. The molecule has 0 radical (unpaired) electrons. The first-order chi connectivity index (χ1) is 8.08. The van der Waals surface area contributed by atoms with Gasteiger partial charge in [-0.05, 0) is 37.3 Å². The number of hydrogen-bond acceptors (Lipinski definition) is 3. The molecule has 2 heterocycles. The predicted molar refractivity (Wildman–Crippen MR) is 72.0 cm³/mol. The molecule has 3 nitrogen and oxygen atoms in total. The van der Waals surface area contributed by atoms with Crippen molar-refractivity contribution >= 4 is 5.69 Å². The number of nitrogens with two attached hydrogens (primary N) is 1. The molecule has 1 aromatic rings. The van der Waals surface area contributed by atoms with Crippen molar-refractivity contribution in [3.8, 4) is 0 Å². The normalized spacial score (nSPS) is 22.2. The minimum atomic E-state index is 0.0195. The van der Waals surface area contributed by atoms with Crippen molar-refractivity contribution in [3.63, 3.8) is 0 Å². The molecule has 0 saturated carbocycles. The highest BCUT2D eigenvalue weighted by molar-refractivity contribution is 5.45. The number of pyridine rings is 1. The standard InChI is InChI=1S/C14H23N3/c1-10(2)12-6-7-17(9-12)13-4-5-14(11(3)15)16-8-13/h4-5,8,10-12H,6-7,9,15H2,1-3H3/t11-,12?/m1/s1. The first-order valence-electron chi connectivity index (χ1n) is 6.54. The van der Waals surface area contributed by atoms with Crippen LogP contribution < -0.4 is 10.6 Å². The Morgan fingerprint density at radius 3 is 2.59 bits per heavy atom. The van der Waals surface area contributed by atoms with E-state index in [0.29, 0.717) is 0 Å². The van der Waals surface area contributed by atoms with Crippen LogP contribution in [0.5, 0.6) is 0 Å². The SMILES string of the molecule is CC(C)C1CCN(c2ccc([C@@H](C)N)nc2)C1. The second kappa shape index (κ2) is 5.05. The van der Waals surface area contributed by atoms with Gasteiger partial charge in [0.1, 0.15) is 0 Å². The minimum Gasteiger partial charge on any atom is -0.370 e. The second-order valence-corrected chi connectivity index (χ2v) is 5.47. The molecule has 0 amide bonds. The van der Waals surface area contributed by atoms with Crippen LogP contribution in [0, 0.1) is 11.8 Å². The first-order valence-corrected chi connectivity index (χ1v) is 6.54. The molecule has 0 bridgehead atoms. The molecule has 2 atom stereocenters. The molecule has 0 aromatic carbocycles. The lowest BCUT2D eigenvalue weighted by atomic mass is 9.95. The van der Waals surface area contributed by atoms with E-state index in [4.69, 9.17) is 5.73 Å². The molecule has 1 unspecified atom stereocenters. The maximum absolute atomic E-state index is 5.80. The van der Waals surface area contributed by atoms with Gasteiger partial charge < -0.3 is 10.6 Å². The fraction of sp³-hybridized carbons (Fsp3) is 0.643. The summed E-state index contributed by atoms with van der Waals surface area (Å²) in [5, 5.41) is 0. The number of nitrogens with zero attached hydrogens (tertiary/aromatic N) is 2. The Labute approximate surface area is 104 Å². The van der Waals surface area contributed by atoms with Crippen LogP contribution in [0.15, 0.2) is 18.3 Å². The number of hydrogen-bond donors (Lipinski definition) is 1. The van der Waals surface area contributed by atoms with Gasteiger partial charge >= 0.3 is 0 Å². The number of anilines is 1. The van der Waals surface area contributed by atoms with Gasteiger partial charge in [-0.15, -0.1) is 0 Å². The molecule has 3 heteroatoms. The van der Waals surface area contributed by atoms with Gasteiger partial charge in [0.05, 0.1) is 17.6 Å². The summed E-state index contributed by atoms with van der Waals surface area (Å²) in [4.78, 5) is 6.86. The molecule has 1 aliphatic heterocycles. The highest BCUT2D eigenvalue weighted by Crippen LogP contribution is 2.28. The summed E-state index contributed by atoms with van der Waals surface area (Å²) in [7, 11) is 0. The Morgan fingerprint density at radius 2 is 2.12 bits per heavy atom. The highest BCUT2D eigenvalue weighted by Gasteiger charge is 2.25. The average Bonchev–Trinajstić information content (AvgIpc) is 2.78. The van der Waals surface area contributed by atoms with Crippen LogP contribution in [-0.2, 0) is 0 Å². The van der Waals surface area contributed by atoms with Crippen LogP contribution in [0.4, 0.5) is 5.69 Å². The van der Waals surface area contributed by atoms with E-state index in [0.717, 1.165) is 30.6 Å².